The second kappa shape index (κ2) is 9.32. The van der Waals surface area contributed by atoms with Gasteiger partial charge in [-0.25, -0.2) is 4.98 Å². The normalized spacial score (nSPS) is 14.7. The van der Waals surface area contributed by atoms with Crippen molar-refractivity contribution in [2.75, 3.05) is 25.0 Å². The van der Waals surface area contributed by atoms with Gasteiger partial charge in [-0.3, -0.25) is 4.79 Å². The van der Waals surface area contributed by atoms with E-state index in [4.69, 9.17) is 16.0 Å². The summed E-state index contributed by atoms with van der Waals surface area (Å²) in [5.41, 5.74) is 2.39. The lowest BCUT2D eigenvalue weighted by molar-refractivity contribution is 0.0651. The smallest absolute Gasteiger partial charge is 0.253 e. The van der Waals surface area contributed by atoms with Gasteiger partial charge in [0.1, 0.15) is 0 Å². The number of aliphatic hydroxyl groups excluding tert-OH is 1. The fraction of sp³-hybridized carbons (Fsp3) is 0.304. The van der Waals surface area contributed by atoms with Gasteiger partial charge in [0.25, 0.3) is 5.91 Å². The summed E-state index contributed by atoms with van der Waals surface area (Å²) in [5.74, 6) is 1.57. The van der Waals surface area contributed by atoms with Gasteiger partial charge < -0.3 is 19.7 Å². The van der Waals surface area contributed by atoms with Crippen LogP contribution in [-0.2, 0) is 6.54 Å². The second-order valence-corrected chi connectivity index (χ2v) is 7.91. The molecule has 2 heterocycles. The Labute approximate surface area is 180 Å². The van der Waals surface area contributed by atoms with Crippen LogP contribution >= 0.6 is 11.6 Å². The number of carbonyl (C=O) groups is 1. The molecule has 1 aliphatic rings. The number of halogens is 1. The fourth-order valence-electron chi connectivity index (χ4n) is 3.58. The summed E-state index contributed by atoms with van der Waals surface area (Å²) in [6.07, 6.45) is 3.39. The summed E-state index contributed by atoms with van der Waals surface area (Å²) >= 11 is 5.93. The molecular weight excluding hydrogens is 402 g/mol. The van der Waals surface area contributed by atoms with Gasteiger partial charge in [-0.15, -0.1) is 0 Å². The molecule has 0 bridgehead atoms. The van der Waals surface area contributed by atoms with Gasteiger partial charge in [0, 0.05) is 41.5 Å². The molecule has 1 amide bonds. The Morgan fingerprint density at radius 2 is 1.97 bits per heavy atom. The number of benzene rings is 2. The van der Waals surface area contributed by atoms with Gasteiger partial charge in [-0.1, -0.05) is 17.7 Å². The summed E-state index contributed by atoms with van der Waals surface area (Å²) in [6, 6.07) is 14.9. The predicted molar refractivity (Wildman–Crippen MR) is 116 cm³/mol. The monoisotopic (exact) mass is 425 g/mol. The van der Waals surface area contributed by atoms with Crippen molar-refractivity contribution in [3.05, 3.63) is 71.2 Å². The van der Waals surface area contributed by atoms with Crippen LogP contribution in [0.2, 0.25) is 5.02 Å². The molecule has 1 aromatic heterocycles. The third kappa shape index (κ3) is 4.83. The van der Waals surface area contributed by atoms with Gasteiger partial charge in [-0.05, 0) is 61.2 Å². The van der Waals surface area contributed by atoms with Gasteiger partial charge in [0.2, 0.25) is 5.89 Å². The fourth-order valence-corrected chi connectivity index (χ4v) is 3.71. The van der Waals surface area contributed by atoms with Crippen molar-refractivity contribution in [2.45, 2.75) is 19.4 Å². The zero-order valence-corrected chi connectivity index (χ0v) is 17.3. The Bertz CT molecular complexity index is 995. The third-order valence-electron chi connectivity index (χ3n) is 5.40. The first-order valence-corrected chi connectivity index (χ1v) is 10.4. The number of nitrogens with zero attached hydrogens (tertiary/aromatic N) is 2. The molecule has 30 heavy (non-hydrogen) atoms. The largest absolute Gasteiger partial charge is 0.439 e. The Hall–Kier alpha value is -2.83. The van der Waals surface area contributed by atoms with Crippen molar-refractivity contribution in [3.8, 4) is 11.3 Å². The van der Waals surface area contributed by atoms with E-state index < -0.39 is 0 Å². The molecule has 4 rings (SSSR count). The number of amides is 1. The quantitative estimate of drug-likeness (QED) is 0.610. The van der Waals surface area contributed by atoms with Crippen molar-refractivity contribution in [2.24, 2.45) is 5.92 Å². The number of piperidine rings is 1. The van der Waals surface area contributed by atoms with E-state index in [1.807, 2.05) is 53.4 Å². The summed E-state index contributed by atoms with van der Waals surface area (Å²) in [5, 5.41) is 13.2. The summed E-state index contributed by atoms with van der Waals surface area (Å²) in [6.45, 7) is 1.98. The van der Waals surface area contributed by atoms with Crippen molar-refractivity contribution in [1.29, 1.82) is 0 Å². The lowest BCUT2D eigenvalue weighted by Crippen LogP contribution is -2.39. The van der Waals surface area contributed by atoms with Crippen LogP contribution in [0.15, 0.2) is 59.1 Å². The molecule has 1 aliphatic heterocycles. The highest BCUT2D eigenvalue weighted by Gasteiger charge is 2.23. The minimum atomic E-state index is 0.0242. The van der Waals surface area contributed by atoms with Crippen molar-refractivity contribution < 1.29 is 14.3 Å². The van der Waals surface area contributed by atoms with Crippen LogP contribution in [0.1, 0.15) is 29.1 Å². The first kappa shape index (κ1) is 20.4. The molecule has 0 atom stereocenters. The first-order valence-electron chi connectivity index (χ1n) is 10.1. The maximum Gasteiger partial charge on any atom is 0.253 e. The molecule has 7 heteroatoms. The lowest BCUT2D eigenvalue weighted by Gasteiger charge is -2.31. The highest BCUT2D eigenvalue weighted by atomic mass is 35.5. The number of hydrogen-bond acceptors (Lipinski definition) is 5. The topological polar surface area (TPSA) is 78.6 Å². The standard InChI is InChI=1S/C23H24ClN3O3/c24-19-6-4-17(5-7-19)21-13-26-22(30-21)14-25-20-3-1-2-18(12-20)23(29)27-10-8-16(15-28)9-11-27/h1-7,12-13,16,25,28H,8-11,14-15H2. The van der Waals surface area contributed by atoms with Crippen LogP contribution in [0.4, 0.5) is 5.69 Å². The molecule has 0 unspecified atom stereocenters. The molecule has 3 aromatic rings. The first-order chi connectivity index (χ1) is 14.6. The molecule has 0 saturated carbocycles. The number of nitrogens with one attached hydrogen (secondary N) is 1. The Morgan fingerprint density at radius 3 is 2.70 bits per heavy atom. The van der Waals surface area contributed by atoms with E-state index in [-0.39, 0.29) is 12.5 Å². The second-order valence-electron chi connectivity index (χ2n) is 7.48. The van der Waals surface area contributed by atoms with Crippen LogP contribution in [0, 0.1) is 5.92 Å². The van der Waals surface area contributed by atoms with Gasteiger partial charge in [0.05, 0.1) is 12.7 Å². The molecule has 156 valence electrons. The van der Waals surface area contributed by atoms with Gasteiger partial charge in [-0.2, -0.15) is 0 Å². The summed E-state index contributed by atoms with van der Waals surface area (Å²) in [4.78, 5) is 19.0. The Kier molecular flexibility index (Phi) is 6.35. The van der Waals surface area contributed by atoms with Crippen molar-refractivity contribution >= 4 is 23.2 Å². The Morgan fingerprint density at radius 1 is 1.20 bits per heavy atom. The van der Waals surface area contributed by atoms with E-state index in [0.29, 0.717) is 47.8 Å². The van der Waals surface area contributed by atoms with E-state index >= 15 is 0 Å². The number of aliphatic hydroxyl groups is 1. The van der Waals surface area contributed by atoms with Crippen LogP contribution in [0.25, 0.3) is 11.3 Å². The number of oxazole rings is 1. The minimum absolute atomic E-state index is 0.0242. The van der Waals surface area contributed by atoms with E-state index in [9.17, 15) is 9.90 Å². The van der Waals surface area contributed by atoms with Crippen LogP contribution in [0.3, 0.4) is 0 Å². The molecule has 0 radical (unpaired) electrons. The molecular formula is C23H24ClN3O3. The van der Waals surface area contributed by atoms with Crippen molar-refractivity contribution in [3.63, 3.8) is 0 Å². The average Bonchev–Trinajstić information content (AvgIpc) is 3.27. The molecule has 2 N–H and O–H groups in total. The number of rotatable bonds is 6. The third-order valence-corrected chi connectivity index (χ3v) is 5.65. The van der Waals surface area contributed by atoms with Crippen LogP contribution in [0.5, 0.6) is 0 Å². The van der Waals surface area contributed by atoms with E-state index in [1.165, 1.54) is 0 Å². The zero-order chi connectivity index (χ0) is 20.9. The number of hydrogen-bond donors (Lipinski definition) is 2. The van der Waals surface area contributed by atoms with E-state index in [2.05, 4.69) is 10.3 Å². The maximum absolute atomic E-state index is 12.8. The average molecular weight is 426 g/mol. The molecule has 0 spiro atoms. The predicted octanol–water partition coefficient (Wildman–Crippen LogP) is 4.45. The molecule has 1 saturated heterocycles. The lowest BCUT2D eigenvalue weighted by atomic mass is 9.97. The number of anilines is 1. The number of aromatic nitrogens is 1. The van der Waals surface area contributed by atoms with E-state index in [0.717, 1.165) is 24.1 Å². The van der Waals surface area contributed by atoms with Crippen molar-refractivity contribution in [1.82, 2.24) is 9.88 Å². The maximum atomic E-state index is 12.8. The SMILES string of the molecule is O=C(c1cccc(NCc2ncc(-c3ccc(Cl)cc3)o2)c1)N1CCC(CO)CC1. The van der Waals surface area contributed by atoms with E-state index in [1.54, 1.807) is 6.20 Å². The van der Waals surface area contributed by atoms with Crippen LogP contribution in [-0.4, -0.2) is 40.6 Å². The highest BCUT2D eigenvalue weighted by molar-refractivity contribution is 6.30. The molecule has 1 fully saturated rings. The molecule has 0 aliphatic carbocycles. The van der Waals surface area contributed by atoms with Crippen LogP contribution < -0.4 is 5.32 Å². The molecule has 6 nitrogen and oxygen atoms in total. The highest BCUT2D eigenvalue weighted by Crippen LogP contribution is 2.23. The van der Waals surface area contributed by atoms with Gasteiger partial charge >= 0.3 is 0 Å². The van der Waals surface area contributed by atoms with Gasteiger partial charge in [0.15, 0.2) is 5.76 Å². The number of likely N-dealkylation sites (tertiary alicyclic amines) is 1. The Balaban J connectivity index is 1.37. The molecule has 2 aromatic carbocycles. The zero-order valence-electron chi connectivity index (χ0n) is 16.6. The minimum Gasteiger partial charge on any atom is -0.439 e. The number of carbonyl (C=O) groups excluding carboxylic acids is 1. The summed E-state index contributed by atoms with van der Waals surface area (Å²) < 4.78 is 5.81. The summed E-state index contributed by atoms with van der Waals surface area (Å²) in [7, 11) is 0.